The first-order chi connectivity index (χ1) is 7.56. The maximum absolute atomic E-state index is 13.3. The molecule has 4 heteroatoms. The van der Waals surface area contributed by atoms with Gasteiger partial charge in [-0.2, -0.15) is 0 Å². The van der Waals surface area contributed by atoms with Crippen LogP contribution in [-0.2, 0) is 0 Å². The number of benzene rings is 1. The van der Waals surface area contributed by atoms with Gasteiger partial charge in [-0.1, -0.05) is 11.6 Å². The first-order valence-electron chi connectivity index (χ1n) is 4.78. The van der Waals surface area contributed by atoms with E-state index in [1.54, 1.807) is 6.92 Å². The van der Waals surface area contributed by atoms with Crippen molar-refractivity contribution in [2.75, 3.05) is 0 Å². The normalized spacial score (nSPS) is 11.8. The Bertz CT molecular complexity index is 435. The first kappa shape index (κ1) is 13.0. The summed E-state index contributed by atoms with van der Waals surface area (Å²) < 4.78 is 26.4. The summed E-state index contributed by atoms with van der Waals surface area (Å²) in [6, 6.07) is 1.78. The molecule has 0 aliphatic rings. The van der Waals surface area contributed by atoms with Crippen LogP contribution in [0.2, 0.25) is 5.02 Å². The monoisotopic (exact) mass is 244 g/mol. The Hall–Kier alpha value is -1.11. The molecule has 86 valence electrons. The Kier molecular flexibility index (Phi) is 4.72. The standard InChI is InChI=1S/C12H11ClF2O/c1-2-3-4-5-12(16)8-6-11(15)9(13)7-10(8)14/h6-7,12,16H,4-5H2,1H3. The SMILES string of the molecule is CC#CCCC(O)c1cc(F)c(Cl)cc1F. The molecule has 1 rings (SSSR count). The number of halogens is 3. The molecule has 0 aromatic heterocycles. The molecule has 0 spiro atoms. The van der Waals surface area contributed by atoms with Crippen LogP contribution in [0.5, 0.6) is 0 Å². The molecule has 0 aliphatic heterocycles. The molecule has 0 bridgehead atoms. The van der Waals surface area contributed by atoms with Crippen LogP contribution >= 0.6 is 11.6 Å². The van der Waals surface area contributed by atoms with Gasteiger partial charge in [0.2, 0.25) is 0 Å². The van der Waals surface area contributed by atoms with Gasteiger partial charge < -0.3 is 5.11 Å². The number of rotatable bonds is 3. The van der Waals surface area contributed by atoms with Crippen LogP contribution in [0.4, 0.5) is 8.78 Å². The summed E-state index contributed by atoms with van der Waals surface area (Å²) in [7, 11) is 0. The van der Waals surface area contributed by atoms with Gasteiger partial charge in [-0.05, 0) is 25.5 Å². The molecule has 1 aromatic carbocycles. The summed E-state index contributed by atoms with van der Waals surface area (Å²) in [4.78, 5) is 0. The van der Waals surface area contributed by atoms with Crippen LogP contribution in [0.25, 0.3) is 0 Å². The lowest BCUT2D eigenvalue weighted by molar-refractivity contribution is 0.164. The Labute approximate surface area is 98.0 Å². The van der Waals surface area contributed by atoms with E-state index in [4.69, 9.17) is 11.6 Å². The van der Waals surface area contributed by atoms with Crippen molar-refractivity contribution in [1.82, 2.24) is 0 Å². The Morgan fingerprint density at radius 1 is 1.38 bits per heavy atom. The second-order valence-electron chi connectivity index (χ2n) is 3.27. The topological polar surface area (TPSA) is 20.2 Å². The molecule has 1 unspecified atom stereocenters. The first-order valence-corrected chi connectivity index (χ1v) is 5.16. The quantitative estimate of drug-likeness (QED) is 0.638. The molecule has 1 N–H and O–H groups in total. The van der Waals surface area contributed by atoms with Crippen molar-refractivity contribution in [2.24, 2.45) is 0 Å². The van der Waals surface area contributed by atoms with E-state index in [0.717, 1.165) is 12.1 Å². The highest BCUT2D eigenvalue weighted by molar-refractivity contribution is 6.30. The summed E-state index contributed by atoms with van der Waals surface area (Å²) in [6.07, 6.45) is -0.368. The van der Waals surface area contributed by atoms with Gasteiger partial charge in [-0.25, -0.2) is 8.78 Å². The average Bonchev–Trinajstić information content (AvgIpc) is 2.23. The second-order valence-corrected chi connectivity index (χ2v) is 3.68. The number of aliphatic hydroxyl groups excluding tert-OH is 1. The zero-order valence-electron chi connectivity index (χ0n) is 8.73. The van der Waals surface area contributed by atoms with Crippen molar-refractivity contribution in [2.45, 2.75) is 25.9 Å². The van der Waals surface area contributed by atoms with Crippen molar-refractivity contribution in [3.63, 3.8) is 0 Å². The molecule has 0 saturated carbocycles. The highest BCUT2D eigenvalue weighted by Crippen LogP contribution is 2.26. The van der Waals surface area contributed by atoms with Crippen molar-refractivity contribution in [1.29, 1.82) is 0 Å². The van der Waals surface area contributed by atoms with E-state index in [1.165, 1.54) is 0 Å². The van der Waals surface area contributed by atoms with Gasteiger partial charge in [0.15, 0.2) is 0 Å². The summed E-state index contributed by atoms with van der Waals surface area (Å²) >= 11 is 5.40. The number of hydrogen-bond donors (Lipinski definition) is 1. The minimum absolute atomic E-state index is 0.0835. The highest BCUT2D eigenvalue weighted by Gasteiger charge is 2.15. The zero-order chi connectivity index (χ0) is 12.1. The van der Waals surface area contributed by atoms with Gasteiger partial charge >= 0.3 is 0 Å². The van der Waals surface area contributed by atoms with E-state index in [1.807, 2.05) is 0 Å². The second kappa shape index (κ2) is 5.83. The lowest BCUT2D eigenvalue weighted by atomic mass is 10.0. The Morgan fingerprint density at radius 2 is 2.06 bits per heavy atom. The van der Waals surface area contributed by atoms with Crippen LogP contribution in [0.15, 0.2) is 12.1 Å². The van der Waals surface area contributed by atoms with Crippen molar-refractivity contribution < 1.29 is 13.9 Å². The van der Waals surface area contributed by atoms with Crippen LogP contribution in [0, 0.1) is 23.5 Å². The fourth-order valence-electron chi connectivity index (χ4n) is 1.28. The van der Waals surface area contributed by atoms with Gasteiger partial charge in [0, 0.05) is 12.0 Å². The summed E-state index contributed by atoms with van der Waals surface area (Å²) in [5.41, 5.74) is -0.0835. The molecule has 1 aromatic rings. The van der Waals surface area contributed by atoms with Gasteiger partial charge in [0.1, 0.15) is 11.6 Å². The fraction of sp³-hybridized carbons (Fsp3) is 0.333. The maximum atomic E-state index is 13.3. The molecule has 1 nitrogen and oxygen atoms in total. The van der Waals surface area contributed by atoms with Crippen LogP contribution < -0.4 is 0 Å². The largest absolute Gasteiger partial charge is 0.388 e. The third-order valence-corrected chi connectivity index (χ3v) is 2.41. The predicted octanol–water partition coefficient (Wildman–Crippen LogP) is 3.46. The minimum Gasteiger partial charge on any atom is -0.388 e. The lowest BCUT2D eigenvalue weighted by Crippen LogP contribution is -2.01. The van der Waals surface area contributed by atoms with Crippen LogP contribution in [0.3, 0.4) is 0 Å². The van der Waals surface area contributed by atoms with E-state index in [0.29, 0.717) is 6.42 Å². The molecule has 0 aliphatic carbocycles. The van der Waals surface area contributed by atoms with Crippen molar-refractivity contribution in [3.8, 4) is 11.8 Å². The summed E-state index contributed by atoms with van der Waals surface area (Å²) in [5.74, 6) is 3.96. The van der Waals surface area contributed by atoms with Gasteiger partial charge in [0.25, 0.3) is 0 Å². The van der Waals surface area contributed by atoms with Crippen LogP contribution in [-0.4, -0.2) is 5.11 Å². The zero-order valence-corrected chi connectivity index (χ0v) is 9.48. The fourth-order valence-corrected chi connectivity index (χ4v) is 1.43. The minimum atomic E-state index is -1.06. The third kappa shape index (κ3) is 3.19. The highest BCUT2D eigenvalue weighted by atomic mass is 35.5. The number of hydrogen-bond acceptors (Lipinski definition) is 1. The molecule has 0 saturated heterocycles. The number of aliphatic hydroxyl groups is 1. The van der Waals surface area contributed by atoms with Crippen molar-refractivity contribution >= 4 is 11.6 Å². The summed E-state index contributed by atoms with van der Waals surface area (Å²) in [5, 5.41) is 9.34. The van der Waals surface area contributed by atoms with Crippen LogP contribution in [0.1, 0.15) is 31.4 Å². The van der Waals surface area contributed by atoms with E-state index >= 15 is 0 Å². The molecular formula is C12H11ClF2O. The lowest BCUT2D eigenvalue weighted by Gasteiger charge is -2.10. The van der Waals surface area contributed by atoms with Crippen molar-refractivity contribution in [3.05, 3.63) is 34.4 Å². The maximum Gasteiger partial charge on any atom is 0.142 e. The molecule has 0 heterocycles. The van der Waals surface area contributed by atoms with E-state index in [-0.39, 0.29) is 17.0 Å². The average molecular weight is 245 g/mol. The third-order valence-electron chi connectivity index (χ3n) is 2.12. The molecule has 0 radical (unpaired) electrons. The molecule has 16 heavy (non-hydrogen) atoms. The Balaban J connectivity index is 2.85. The van der Waals surface area contributed by atoms with E-state index < -0.39 is 17.7 Å². The van der Waals surface area contributed by atoms with E-state index in [9.17, 15) is 13.9 Å². The predicted molar refractivity (Wildman–Crippen MR) is 59.0 cm³/mol. The smallest absolute Gasteiger partial charge is 0.142 e. The van der Waals surface area contributed by atoms with E-state index in [2.05, 4.69) is 11.8 Å². The summed E-state index contributed by atoms with van der Waals surface area (Å²) in [6.45, 7) is 1.68. The van der Waals surface area contributed by atoms with Gasteiger partial charge in [0.05, 0.1) is 11.1 Å². The molecule has 0 amide bonds. The van der Waals surface area contributed by atoms with Gasteiger partial charge in [-0.15, -0.1) is 11.8 Å². The molecular weight excluding hydrogens is 234 g/mol. The Morgan fingerprint density at radius 3 is 2.69 bits per heavy atom. The van der Waals surface area contributed by atoms with Gasteiger partial charge in [-0.3, -0.25) is 0 Å². The molecule has 0 fully saturated rings. The molecule has 1 atom stereocenters.